The van der Waals surface area contributed by atoms with E-state index >= 15 is 0 Å². The molecule has 0 saturated heterocycles. The van der Waals surface area contributed by atoms with E-state index < -0.39 is 29.8 Å². The summed E-state index contributed by atoms with van der Waals surface area (Å²) in [4.78, 5) is 0. The van der Waals surface area contributed by atoms with Gasteiger partial charge in [0.05, 0.1) is 13.2 Å². The minimum absolute atomic E-state index is 0.261. The van der Waals surface area contributed by atoms with E-state index in [-0.39, 0.29) is 13.2 Å². The Morgan fingerprint density at radius 2 is 1.53 bits per heavy atom. The first-order valence-electron chi connectivity index (χ1n) is 4.28. The summed E-state index contributed by atoms with van der Waals surface area (Å²) in [5.41, 5.74) is -8.46. The van der Waals surface area contributed by atoms with Crippen LogP contribution in [0, 0.1) is 0 Å². The van der Waals surface area contributed by atoms with Gasteiger partial charge in [-0.1, -0.05) is 0 Å². The lowest BCUT2D eigenvalue weighted by atomic mass is 10.8. The van der Waals surface area contributed by atoms with Gasteiger partial charge in [-0.3, -0.25) is 4.57 Å². The number of ether oxygens (including phenoxy) is 2. The Bertz CT molecular complexity index is 347. The fourth-order valence-electron chi connectivity index (χ4n) is 0.708. The Morgan fingerprint density at radius 3 is 1.76 bits per heavy atom. The van der Waals surface area contributed by atoms with Crippen molar-refractivity contribution in [3.05, 3.63) is 0 Å². The van der Waals surface area contributed by atoms with Crippen molar-refractivity contribution in [1.82, 2.24) is 0 Å². The van der Waals surface area contributed by atoms with Crippen LogP contribution in [0.5, 0.6) is 0 Å². The molecule has 0 aromatic rings. The Kier molecular flexibility index (Phi) is 5.95. The van der Waals surface area contributed by atoms with Crippen LogP contribution >= 0.6 is 8.46 Å². The summed E-state index contributed by atoms with van der Waals surface area (Å²) in [7, 11) is -7.17. The van der Waals surface area contributed by atoms with Gasteiger partial charge < -0.3 is 9.47 Å². The number of hydrogen-bond donors (Lipinski definition) is 0. The van der Waals surface area contributed by atoms with Crippen LogP contribution in [0.3, 0.4) is 0 Å². The fourth-order valence-corrected chi connectivity index (χ4v) is 1.96. The quantitative estimate of drug-likeness (QED) is 0.309. The molecule has 0 fully saturated rings. The van der Waals surface area contributed by atoms with Gasteiger partial charge in [-0.25, -0.2) is 0 Å². The molecule has 0 atom stereocenters. The molecule has 0 rings (SSSR count). The number of alkyl halides is 3. The normalized spacial score (nSPS) is 14.2. The highest BCUT2D eigenvalue weighted by atomic mass is 32.2. The van der Waals surface area contributed by atoms with Crippen LogP contribution in [-0.2, 0) is 28.3 Å². The maximum Gasteiger partial charge on any atom is 0.523 e. The molecule has 11 heteroatoms. The monoisotopic (exact) mass is 298 g/mol. The molecule has 0 N–H and O–H groups in total. The molecular weight excluding hydrogens is 288 g/mol. The van der Waals surface area contributed by atoms with Crippen molar-refractivity contribution in [3.8, 4) is 0 Å². The van der Waals surface area contributed by atoms with E-state index in [0.29, 0.717) is 0 Å². The zero-order valence-corrected chi connectivity index (χ0v) is 10.6. The Hall–Kier alpha value is -0.280. The predicted octanol–water partition coefficient (Wildman–Crippen LogP) is 1.83. The van der Waals surface area contributed by atoms with Crippen LogP contribution in [-0.4, -0.2) is 32.9 Å². The molecule has 0 radical (unpaired) electrons. The average molecular weight is 298 g/mol. The first-order valence-corrected chi connectivity index (χ1v) is 6.50. The third kappa shape index (κ3) is 4.47. The van der Waals surface area contributed by atoms with Crippen molar-refractivity contribution in [2.45, 2.75) is 25.1 Å². The van der Waals surface area contributed by atoms with E-state index in [1.54, 1.807) is 0 Å². The van der Waals surface area contributed by atoms with Gasteiger partial charge in [0.25, 0.3) is 8.46 Å². The lowest BCUT2D eigenvalue weighted by Gasteiger charge is -2.25. The summed E-state index contributed by atoms with van der Waals surface area (Å²) in [5.74, 6) is 0. The minimum atomic E-state index is -5.97. The van der Waals surface area contributed by atoms with E-state index in [1.807, 2.05) is 0 Å². The molecule has 0 bridgehead atoms. The molecule has 0 spiro atoms. The number of hydrogen-bond acceptors (Lipinski definition) is 6. The minimum Gasteiger partial charge on any atom is -0.317 e. The summed E-state index contributed by atoms with van der Waals surface area (Å²) in [5, 5.41) is 0. The van der Waals surface area contributed by atoms with Crippen LogP contribution in [0.25, 0.3) is 0 Å². The van der Waals surface area contributed by atoms with Crippen molar-refractivity contribution >= 4 is 18.6 Å². The smallest absolute Gasteiger partial charge is 0.317 e. The van der Waals surface area contributed by atoms with Crippen LogP contribution in [0.1, 0.15) is 13.8 Å². The Morgan fingerprint density at radius 1 is 1.12 bits per heavy atom. The SMILES string of the molecule is CCOC(OCC)(OS(=O)(=O)C(F)(F)F)P=O. The molecule has 0 aliphatic rings. The molecular formula is C6H10F3O6PS. The molecule has 17 heavy (non-hydrogen) atoms. The molecule has 0 aliphatic carbocycles. The van der Waals surface area contributed by atoms with Crippen molar-refractivity contribution < 1.29 is 39.8 Å². The molecule has 0 aliphatic heterocycles. The average Bonchev–Trinajstić information content (AvgIpc) is 2.16. The van der Waals surface area contributed by atoms with E-state index in [9.17, 15) is 26.2 Å². The second kappa shape index (κ2) is 6.05. The van der Waals surface area contributed by atoms with E-state index in [1.165, 1.54) is 13.8 Å². The first-order chi connectivity index (χ1) is 7.64. The van der Waals surface area contributed by atoms with Gasteiger partial charge in [-0.2, -0.15) is 25.8 Å². The largest absolute Gasteiger partial charge is 0.523 e. The third-order valence-corrected chi connectivity index (χ3v) is 2.97. The van der Waals surface area contributed by atoms with Gasteiger partial charge >= 0.3 is 21.3 Å². The maximum absolute atomic E-state index is 12.1. The molecule has 0 unspecified atom stereocenters. The van der Waals surface area contributed by atoms with E-state index in [2.05, 4.69) is 13.7 Å². The summed E-state index contributed by atoms with van der Waals surface area (Å²) in [6.07, 6.45) is 0. The summed E-state index contributed by atoms with van der Waals surface area (Å²) in [6.45, 7) is 2.15. The number of halogens is 3. The highest BCUT2D eigenvalue weighted by Crippen LogP contribution is 2.35. The maximum atomic E-state index is 12.1. The molecule has 6 nitrogen and oxygen atoms in total. The van der Waals surface area contributed by atoms with Crippen molar-refractivity contribution in [3.63, 3.8) is 0 Å². The molecule has 102 valence electrons. The van der Waals surface area contributed by atoms with E-state index in [0.717, 1.165) is 0 Å². The zero-order chi connectivity index (χ0) is 13.7. The van der Waals surface area contributed by atoms with Crippen LogP contribution in [0.2, 0.25) is 0 Å². The van der Waals surface area contributed by atoms with Crippen LogP contribution in [0.15, 0.2) is 0 Å². The predicted molar refractivity (Wildman–Crippen MR) is 49.6 cm³/mol. The molecule has 0 heterocycles. The third-order valence-electron chi connectivity index (χ3n) is 1.26. The molecule has 0 aromatic carbocycles. The summed E-state index contributed by atoms with van der Waals surface area (Å²) < 4.78 is 81.0. The van der Waals surface area contributed by atoms with Gasteiger partial charge in [0.2, 0.25) is 0 Å². The van der Waals surface area contributed by atoms with Gasteiger partial charge in [0.1, 0.15) is 0 Å². The lowest BCUT2D eigenvalue weighted by molar-refractivity contribution is -0.279. The first kappa shape index (κ1) is 16.7. The van der Waals surface area contributed by atoms with Crippen molar-refractivity contribution in [1.29, 1.82) is 0 Å². The van der Waals surface area contributed by atoms with Crippen molar-refractivity contribution in [2.24, 2.45) is 0 Å². The Labute approximate surface area is 97.4 Å². The number of rotatable bonds is 7. The van der Waals surface area contributed by atoms with Crippen LogP contribution < -0.4 is 0 Å². The summed E-state index contributed by atoms with van der Waals surface area (Å²) >= 11 is 0. The van der Waals surface area contributed by atoms with Gasteiger partial charge in [0.15, 0.2) is 0 Å². The fraction of sp³-hybridized carbons (Fsp3) is 1.00. The van der Waals surface area contributed by atoms with Crippen molar-refractivity contribution in [2.75, 3.05) is 13.2 Å². The lowest BCUT2D eigenvalue weighted by Crippen LogP contribution is -2.40. The highest BCUT2D eigenvalue weighted by molar-refractivity contribution is 7.87. The second-order valence-corrected chi connectivity index (χ2v) is 4.73. The van der Waals surface area contributed by atoms with Gasteiger partial charge in [0, 0.05) is 0 Å². The van der Waals surface area contributed by atoms with Crippen LogP contribution in [0.4, 0.5) is 13.2 Å². The highest BCUT2D eigenvalue weighted by Gasteiger charge is 2.54. The van der Waals surface area contributed by atoms with Gasteiger partial charge in [-0.05, 0) is 13.8 Å². The van der Waals surface area contributed by atoms with Gasteiger partial charge in [-0.15, -0.1) is 0 Å². The second-order valence-electron chi connectivity index (χ2n) is 2.46. The molecule has 0 saturated carbocycles. The standard InChI is InChI=1S/C6H10F3O6PS/c1-3-13-6(16-10,14-4-2)15-17(11,12)5(7,8)9/h3-4H2,1-2H3. The molecule has 0 amide bonds. The topological polar surface area (TPSA) is 78.9 Å². The summed E-state index contributed by atoms with van der Waals surface area (Å²) in [6, 6.07) is 0. The molecule has 0 aromatic heterocycles. The zero-order valence-electron chi connectivity index (χ0n) is 8.85. The Balaban J connectivity index is 5.18. The van der Waals surface area contributed by atoms with E-state index in [4.69, 9.17) is 0 Å².